The average molecular weight is 155 g/mol. The van der Waals surface area contributed by atoms with Crippen LogP contribution in [0.15, 0.2) is 23.9 Å². The summed E-state index contributed by atoms with van der Waals surface area (Å²) < 4.78 is 0. The molecule has 0 aromatic rings. The summed E-state index contributed by atoms with van der Waals surface area (Å²) in [5.74, 6) is 0. The predicted molar refractivity (Wildman–Crippen MR) is 48.0 cm³/mol. The molecule has 11 heavy (non-hydrogen) atoms. The molecule has 0 fully saturated rings. The number of hydrogen-bond acceptors (Lipinski definition) is 2. The van der Waals surface area contributed by atoms with Crippen LogP contribution in [0, 0.1) is 0 Å². The first-order valence-corrected chi connectivity index (χ1v) is 3.87. The zero-order valence-electron chi connectivity index (χ0n) is 7.79. The zero-order chi connectivity index (χ0) is 8.69. The molecule has 2 nitrogen and oxygen atoms in total. The maximum atomic E-state index is 5.18. The van der Waals surface area contributed by atoms with Crippen LogP contribution >= 0.6 is 0 Å². The molecule has 2 heteroatoms. The van der Waals surface area contributed by atoms with Crippen molar-refractivity contribution in [2.45, 2.75) is 20.8 Å². The van der Waals surface area contributed by atoms with Gasteiger partial charge in [0, 0.05) is 13.2 Å². The molecule has 0 aromatic carbocycles. The average Bonchev–Trinajstić information content (AvgIpc) is 1.87. The number of hydroxylamine groups is 2. The molecule has 0 N–H and O–H groups in total. The van der Waals surface area contributed by atoms with E-state index in [1.165, 1.54) is 5.57 Å². The second-order valence-corrected chi connectivity index (χ2v) is 2.34. The van der Waals surface area contributed by atoms with Crippen molar-refractivity contribution in [3.8, 4) is 0 Å². The third kappa shape index (κ3) is 5.67. The highest BCUT2D eigenvalue weighted by molar-refractivity contribution is 5.13. The van der Waals surface area contributed by atoms with Crippen molar-refractivity contribution in [3.05, 3.63) is 23.9 Å². The smallest absolute Gasteiger partial charge is 0.0720 e. The van der Waals surface area contributed by atoms with Gasteiger partial charge in [0.2, 0.25) is 0 Å². The van der Waals surface area contributed by atoms with E-state index in [9.17, 15) is 0 Å². The number of allylic oxidation sites excluding steroid dienone is 3. The van der Waals surface area contributed by atoms with Crippen molar-refractivity contribution in [1.29, 1.82) is 0 Å². The minimum Gasteiger partial charge on any atom is -0.275 e. The van der Waals surface area contributed by atoms with E-state index in [2.05, 4.69) is 0 Å². The van der Waals surface area contributed by atoms with Crippen molar-refractivity contribution in [2.75, 3.05) is 13.7 Å². The number of nitrogens with zero attached hydrogens (tertiary/aromatic N) is 1. The highest BCUT2D eigenvalue weighted by Gasteiger charge is 1.88. The molecule has 0 aliphatic heterocycles. The first-order valence-electron chi connectivity index (χ1n) is 3.87. The van der Waals surface area contributed by atoms with Crippen LogP contribution in [-0.2, 0) is 4.84 Å². The quantitative estimate of drug-likeness (QED) is 0.456. The van der Waals surface area contributed by atoms with Crippen LogP contribution < -0.4 is 0 Å². The van der Waals surface area contributed by atoms with Crippen LogP contribution in [0.2, 0.25) is 0 Å². The van der Waals surface area contributed by atoms with Gasteiger partial charge in [0.05, 0.1) is 6.61 Å². The Labute approximate surface area is 69.1 Å². The summed E-state index contributed by atoms with van der Waals surface area (Å²) in [7, 11) is 1.89. The van der Waals surface area contributed by atoms with Gasteiger partial charge in [0.1, 0.15) is 0 Å². The number of hydrogen-bond donors (Lipinski definition) is 0. The van der Waals surface area contributed by atoms with Crippen LogP contribution in [0.1, 0.15) is 20.8 Å². The van der Waals surface area contributed by atoms with Crippen LogP contribution in [0.5, 0.6) is 0 Å². The van der Waals surface area contributed by atoms with Gasteiger partial charge in [-0.2, -0.15) is 0 Å². The van der Waals surface area contributed by atoms with Crippen LogP contribution in [-0.4, -0.2) is 18.7 Å². The molecular formula is C9H17NO. The van der Waals surface area contributed by atoms with Gasteiger partial charge in [-0.05, 0) is 26.3 Å². The monoisotopic (exact) mass is 155 g/mol. The van der Waals surface area contributed by atoms with Gasteiger partial charge in [-0.1, -0.05) is 12.2 Å². The zero-order valence-corrected chi connectivity index (χ0v) is 7.79. The van der Waals surface area contributed by atoms with Crippen molar-refractivity contribution in [1.82, 2.24) is 5.06 Å². The fourth-order valence-corrected chi connectivity index (χ4v) is 0.834. The van der Waals surface area contributed by atoms with Crippen molar-refractivity contribution in [3.63, 3.8) is 0 Å². The lowest BCUT2D eigenvalue weighted by Gasteiger charge is -2.12. The van der Waals surface area contributed by atoms with Crippen molar-refractivity contribution >= 4 is 0 Å². The summed E-state index contributed by atoms with van der Waals surface area (Å²) in [5, 5.41) is 1.72. The third-order valence-electron chi connectivity index (χ3n) is 1.15. The summed E-state index contributed by atoms with van der Waals surface area (Å²) in [5.41, 5.74) is 1.18. The van der Waals surface area contributed by atoms with E-state index in [-0.39, 0.29) is 0 Å². The Morgan fingerprint density at radius 2 is 2.18 bits per heavy atom. The molecule has 0 saturated heterocycles. The summed E-state index contributed by atoms with van der Waals surface area (Å²) >= 11 is 0. The standard InChI is InChI=1S/C9H17NO/c1-5-7-9(3)8-10(4)11-6-2/h5,7-8H,6H2,1-4H3/b7-5-,9-8-. The normalized spacial score (nSPS) is 12.5. The molecule has 0 aliphatic rings. The molecule has 0 rings (SSSR count). The first kappa shape index (κ1) is 10.2. The number of rotatable bonds is 4. The Morgan fingerprint density at radius 3 is 2.64 bits per heavy atom. The third-order valence-corrected chi connectivity index (χ3v) is 1.15. The summed E-state index contributed by atoms with van der Waals surface area (Å²) in [6.45, 7) is 6.71. The molecule has 0 aromatic heterocycles. The fourth-order valence-electron chi connectivity index (χ4n) is 0.834. The van der Waals surface area contributed by atoms with Crippen molar-refractivity contribution < 1.29 is 4.84 Å². The SMILES string of the molecule is C/C=C\C(C)=C/N(C)OCC. The van der Waals surface area contributed by atoms with Gasteiger partial charge in [0.15, 0.2) is 0 Å². The lowest BCUT2D eigenvalue weighted by Crippen LogP contribution is -2.11. The maximum Gasteiger partial charge on any atom is 0.0720 e. The van der Waals surface area contributed by atoms with E-state index >= 15 is 0 Å². The van der Waals surface area contributed by atoms with Gasteiger partial charge in [-0.25, -0.2) is 0 Å². The Kier molecular flexibility index (Phi) is 5.57. The molecule has 0 atom stereocenters. The van der Waals surface area contributed by atoms with Gasteiger partial charge in [-0.3, -0.25) is 9.90 Å². The summed E-state index contributed by atoms with van der Waals surface area (Å²) in [4.78, 5) is 5.18. The topological polar surface area (TPSA) is 12.5 Å². The first-order chi connectivity index (χ1) is 5.20. The fraction of sp³-hybridized carbons (Fsp3) is 0.556. The van der Waals surface area contributed by atoms with Crippen molar-refractivity contribution in [2.24, 2.45) is 0 Å². The second-order valence-electron chi connectivity index (χ2n) is 2.34. The summed E-state index contributed by atoms with van der Waals surface area (Å²) in [6, 6.07) is 0. The molecule has 0 heterocycles. The second kappa shape index (κ2) is 5.98. The van der Waals surface area contributed by atoms with E-state index in [1.807, 2.05) is 46.2 Å². The predicted octanol–water partition coefficient (Wildman–Crippen LogP) is 2.35. The molecule has 0 radical (unpaired) electrons. The Morgan fingerprint density at radius 1 is 1.55 bits per heavy atom. The van der Waals surface area contributed by atoms with Crippen LogP contribution in [0.25, 0.3) is 0 Å². The van der Waals surface area contributed by atoms with Crippen LogP contribution in [0.3, 0.4) is 0 Å². The molecule has 0 bridgehead atoms. The summed E-state index contributed by atoms with van der Waals surface area (Å²) in [6.07, 6.45) is 5.99. The molecule has 0 aliphatic carbocycles. The van der Waals surface area contributed by atoms with E-state index < -0.39 is 0 Å². The Balaban J connectivity index is 3.85. The van der Waals surface area contributed by atoms with E-state index in [1.54, 1.807) is 5.06 Å². The van der Waals surface area contributed by atoms with Gasteiger partial charge < -0.3 is 0 Å². The van der Waals surface area contributed by atoms with Gasteiger partial charge >= 0.3 is 0 Å². The lowest BCUT2D eigenvalue weighted by molar-refractivity contribution is -0.0942. The molecule has 0 amide bonds. The van der Waals surface area contributed by atoms with E-state index in [0.717, 1.165) is 0 Å². The van der Waals surface area contributed by atoms with E-state index in [4.69, 9.17) is 4.84 Å². The highest BCUT2D eigenvalue weighted by Crippen LogP contribution is 1.97. The van der Waals surface area contributed by atoms with Gasteiger partial charge in [-0.15, -0.1) is 0 Å². The molecule has 64 valence electrons. The largest absolute Gasteiger partial charge is 0.275 e. The minimum atomic E-state index is 0.704. The van der Waals surface area contributed by atoms with E-state index in [0.29, 0.717) is 6.61 Å². The van der Waals surface area contributed by atoms with Crippen LogP contribution in [0.4, 0.5) is 0 Å². The molecule has 0 saturated carbocycles. The Bertz CT molecular complexity index is 150. The van der Waals surface area contributed by atoms with Gasteiger partial charge in [0.25, 0.3) is 0 Å². The molecule has 0 unspecified atom stereocenters. The lowest BCUT2D eigenvalue weighted by atomic mass is 10.3. The highest BCUT2D eigenvalue weighted by atomic mass is 16.7. The maximum absolute atomic E-state index is 5.18. The minimum absolute atomic E-state index is 0.704. The molecule has 0 spiro atoms. The Hall–Kier alpha value is -0.760. The molecular weight excluding hydrogens is 138 g/mol.